The minimum Gasteiger partial charge on any atom is -0.463 e. The zero-order chi connectivity index (χ0) is 15.2. The van der Waals surface area contributed by atoms with Crippen molar-refractivity contribution in [3.8, 4) is 0 Å². The lowest BCUT2D eigenvalue weighted by molar-refractivity contribution is 0.0687. The molecule has 0 radical (unpaired) electrons. The van der Waals surface area contributed by atoms with E-state index in [0.29, 0.717) is 11.3 Å². The van der Waals surface area contributed by atoms with Gasteiger partial charge >= 0.3 is 0 Å². The summed E-state index contributed by atoms with van der Waals surface area (Å²) in [5.41, 5.74) is 1.84. The Bertz CT molecular complexity index is 741. The smallest absolute Gasteiger partial charge is 0.270 e. The molecule has 21 heavy (non-hydrogen) atoms. The average Bonchev–Trinajstić information content (AvgIpc) is 2.94. The van der Waals surface area contributed by atoms with Gasteiger partial charge in [-0.25, -0.2) is 8.42 Å². The van der Waals surface area contributed by atoms with Gasteiger partial charge in [-0.2, -0.15) is 0 Å². The van der Waals surface area contributed by atoms with E-state index in [9.17, 15) is 13.2 Å². The zero-order valence-electron chi connectivity index (χ0n) is 12.0. The van der Waals surface area contributed by atoms with Gasteiger partial charge in [-0.3, -0.25) is 4.79 Å². The van der Waals surface area contributed by atoms with E-state index >= 15 is 0 Å². The van der Waals surface area contributed by atoms with E-state index in [-0.39, 0.29) is 23.7 Å². The monoisotopic (exact) mass is 310 g/mol. The molecule has 0 bridgehead atoms. The second-order valence-corrected chi connectivity index (χ2v) is 7.95. The van der Waals surface area contributed by atoms with Gasteiger partial charge in [-0.1, -0.05) is 0 Å². The minimum absolute atomic E-state index is 0.0218. The number of aromatic amines is 1. The van der Waals surface area contributed by atoms with Crippen LogP contribution in [-0.2, 0) is 9.84 Å². The largest absolute Gasteiger partial charge is 0.463 e. The van der Waals surface area contributed by atoms with Crippen molar-refractivity contribution in [2.24, 2.45) is 0 Å². The number of sulfone groups is 1. The molecule has 0 aliphatic heterocycles. The van der Waals surface area contributed by atoms with Crippen LogP contribution >= 0.6 is 0 Å². The van der Waals surface area contributed by atoms with Crippen molar-refractivity contribution in [1.82, 2.24) is 9.88 Å². The SMILES string of the molecule is C[C@@H](CS(C)(=O)=O)N(C(=O)c1cc2occc2[nH]1)C1CC1. The van der Waals surface area contributed by atoms with Crippen LogP contribution in [0.5, 0.6) is 0 Å². The molecule has 2 aromatic rings. The number of furan rings is 1. The fourth-order valence-corrected chi connectivity index (χ4v) is 3.74. The van der Waals surface area contributed by atoms with Crippen molar-refractivity contribution >= 4 is 26.8 Å². The third-order valence-corrected chi connectivity index (χ3v) is 4.75. The summed E-state index contributed by atoms with van der Waals surface area (Å²) >= 11 is 0. The highest BCUT2D eigenvalue weighted by Gasteiger charge is 2.37. The van der Waals surface area contributed by atoms with Crippen molar-refractivity contribution in [3.05, 3.63) is 24.1 Å². The standard InChI is InChI=1S/C14H18N2O4S/c1-9(8-21(2,18)19)16(10-3-4-10)14(17)12-7-13-11(15-12)5-6-20-13/h5-7,9-10,15H,3-4,8H2,1-2H3/t9-/m0/s1. The zero-order valence-corrected chi connectivity index (χ0v) is 12.8. The lowest BCUT2D eigenvalue weighted by atomic mass is 10.2. The van der Waals surface area contributed by atoms with Crippen LogP contribution in [0.4, 0.5) is 0 Å². The molecule has 0 spiro atoms. The third kappa shape index (κ3) is 2.97. The molecule has 3 rings (SSSR count). The molecule has 0 unspecified atom stereocenters. The minimum atomic E-state index is -3.13. The van der Waals surface area contributed by atoms with E-state index < -0.39 is 9.84 Å². The van der Waals surface area contributed by atoms with Crippen molar-refractivity contribution in [1.29, 1.82) is 0 Å². The van der Waals surface area contributed by atoms with Gasteiger partial charge in [0.1, 0.15) is 15.5 Å². The summed E-state index contributed by atoms with van der Waals surface area (Å²) in [5.74, 6) is -0.188. The van der Waals surface area contributed by atoms with Crippen molar-refractivity contribution < 1.29 is 17.6 Å². The van der Waals surface area contributed by atoms with Crippen molar-refractivity contribution in [2.75, 3.05) is 12.0 Å². The molecule has 2 aromatic heterocycles. The number of rotatable bonds is 5. The summed E-state index contributed by atoms with van der Waals surface area (Å²) in [6.45, 7) is 1.78. The van der Waals surface area contributed by atoms with Gasteiger partial charge in [0, 0.05) is 30.5 Å². The Labute approximate surface area is 123 Å². The van der Waals surface area contributed by atoms with E-state index in [1.807, 2.05) is 0 Å². The first-order valence-electron chi connectivity index (χ1n) is 6.92. The maximum atomic E-state index is 12.7. The molecule has 6 nitrogen and oxygen atoms in total. The van der Waals surface area contributed by atoms with Gasteiger partial charge in [0.25, 0.3) is 5.91 Å². The summed E-state index contributed by atoms with van der Waals surface area (Å²) in [4.78, 5) is 17.4. The van der Waals surface area contributed by atoms with Gasteiger partial charge < -0.3 is 14.3 Å². The highest BCUT2D eigenvalue weighted by atomic mass is 32.2. The number of fused-ring (bicyclic) bond motifs is 1. The topological polar surface area (TPSA) is 83.4 Å². The number of carbonyl (C=O) groups excluding carboxylic acids is 1. The molecule has 1 aliphatic carbocycles. The fraction of sp³-hybridized carbons (Fsp3) is 0.500. The summed E-state index contributed by atoms with van der Waals surface area (Å²) in [6.07, 6.45) is 4.61. The first-order valence-corrected chi connectivity index (χ1v) is 8.98. The lowest BCUT2D eigenvalue weighted by Gasteiger charge is -2.28. The van der Waals surface area contributed by atoms with E-state index in [0.717, 1.165) is 18.4 Å². The van der Waals surface area contributed by atoms with Crippen LogP contribution in [0.1, 0.15) is 30.3 Å². The van der Waals surface area contributed by atoms with Gasteiger partial charge in [-0.15, -0.1) is 0 Å². The number of nitrogens with zero attached hydrogens (tertiary/aromatic N) is 1. The Balaban J connectivity index is 1.86. The molecule has 1 fully saturated rings. The Morgan fingerprint density at radius 3 is 2.81 bits per heavy atom. The van der Waals surface area contributed by atoms with E-state index in [1.54, 1.807) is 30.2 Å². The average molecular weight is 310 g/mol. The van der Waals surface area contributed by atoms with Crippen LogP contribution in [0, 0.1) is 0 Å². The number of hydrogen-bond donors (Lipinski definition) is 1. The Morgan fingerprint density at radius 1 is 1.52 bits per heavy atom. The number of carbonyl (C=O) groups is 1. The number of amides is 1. The van der Waals surface area contributed by atoms with Gasteiger partial charge in [0.2, 0.25) is 0 Å². The molecule has 1 N–H and O–H groups in total. The molecule has 1 aliphatic rings. The van der Waals surface area contributed by atoms with Crippen molar-refractivity contribution in [2.45, 2.75) is 31.8 Å². The van der Waals surface area contributed by atoms with Crippen LogP contribution in [0.3, 0.4) is 0 Å². The molecule has 1 atom stereocenters. The number of H-pyrrole nitrogens is 1. The predicted octanol–water partition coefficient (Wildman–Crippen LogP) is 1.80. The third-order valence-electron chi connectivity index (χ3n) is 3.66. The molecule has 114 valence electrons. The number of hydrogen-bond acceptors (Lipinski definition) is 4. The Morgan fingerprint density at radius 2 is 2.24 bits per heavy atom. The first kappa shape index (κ1) is 14.2. The Hall–Kier alpha value is -1.76. The van der Waals surface area contributed by atoms with Crippen LogP contribution in [0.15, 0.2) is 22.8 Å². The van der Waals surface area contributed by atoms with Crippen LogP contribution in [0.2, 0.25) is 0 Å². The molecule has 0 aromatic carbocycles. The number of aromatic nitrogens is 1. The summed E-state index contributed by atoms with van der Waals surface area (Å²) in [7, 11) is -3.13. The van der Waals surface area contributed by atoms with E-state index in [2.05, 4.69) is 4.98 Å². The van der Waals surface area contributed by atoms with Gasteiger partial charge in [0.05, 0.1) is 17.5 Å². The highest BCUT2D eigenvalue weighted by molar-refractivity contribution is 7.90. The fourth-order valence-electron chi connectivity index (χ4n) is 2.70. The normalized spacial score (nSPS) is 17.0. The summed E-state index contributed by atoms with van der Waals surface area (Å²) < 4.78 is 28.2. The Kier molecular flexibility index (Phi) is 3.32. The van der Waals surface area contributed by atoms with Crippen molar-refractivity contribution in [3.63, 3.8) is 0 Å². The second-order valence-electron chi connectivity index (χ2n) is 5.77. The first-order chi connectivity index (χ1) is 9.85. The molecule has 1 amide bonds. The molecule has 1 saturated carbocycles. The summed E-state index contributed by atoms with van der Waals surface area (Å²) in [5, 5.41) is 0. The van der Waals surface area contributed by atoms with Crippen LogP contribution in [0.25, 0.3) is 11.1 Å². The second kappa shape index (κ2) is 4.91. The van der Waals surface area contributed by atoms with Gasteiger partial charge in [0.15, 0.2) is 5.58 Å². The molecular weight excluding hydrogens is 292 g/mol. The highest BCUT2D eigenvalue weighted by Crippen LogP contribution is 2.31. The maximum Gasteiger partial charge on any atom is 0.270 e. The van der Waals surface area contributed by atoms with E-state index in [1.165, 1.54) is 6.26 Å². The molecule has 7 heteroatoms. The maximum absolute atomic E-state index is 12.7. The quantitative estimate of drug-likeness (QED) is 0.912. The van der Waals surface area contributed by atoms with Crippen LogP contribution < -0.4 is 0 Å². The number of nitrogens with one attached hydrogen (secondary N) is 1. The van der Waals surface area contributed by atoms with Gasteiger partial charge in [-0.05, 0) is 19.8 Å². The van der Waals surface area contributed by atoms with E-state index in [4.69, 9.17) is 4.42 Å². The molecule has 2 heterocycles. The molecular formula is C14H18N2O4S. The predicted molar refractivity (Wildman–Crippen MR) is 78.9 cm³/mol. The summed E-state index contributed by atoms with van der Waals surface area (Å²) in [6, 6.07) is 3.23. The lowest BCUT2D eigenvalue weighted by Crippen LogP contribution is -2.43. The van der Waals surface area contributed by atoms with Crippen LogP contribution in [-0.4, -0.2) is 48.3 Å². The molecule has 0 saturated heterocycles.